The van der Waals surface area contributed by atoms with Crippen LogP contribution in [-0.4, -0.2) is 28.3 Å². The van der Waals surface area contributed by atoms with Crippen LogP contribution in [-0.2, 0) is 0 Å². The fourth-order valence-corrected chi connectivity index (χ4v) is 4.07. The second-order valence-electron chi connectivity index (χ2n) is 8.96. The van der Waals surface area contributed by atoms with Crippen LogP contribution in [0.3, 0.4) is 0 Å². The number of pyridine rings is 2. The fraction of sp³-hybridized carbons (Fsp3) is 0.161. The number of amides is 2. The van der Waals surface area contributed by atoms with Gasteiger partial charge in [0.15, 0.2) is 0 Å². The van der Waals surface area contributed by atoms with Gasteiger partial charge in [-0.2, -0.15) is 0 Å². The molecule has 6 nitrogen and oxygen atoms in total. The van der Waals surface area contributed by atoms with Crippen molar-refractivity contribution in [1.29, 1.82) is 0 Å². The molecule has 37 heavy (non-hydrogen) atoms. The van der Waals surface area contributed by atoms with Crippen LogP contribution in [0, 0.1) is 13.8 Å². The zero-order valence-electron chi connectivity index (χ0n) is 21.3. The van der Waals surface area contributed by atoms with Gasteiger partial charge in [0.05, 0.1) is 16.8 Å². The van der Waals surface area contributed by atoms with Crippen LogP contribution < -0.4 is 10.6 Å². The molecule has 0 saturated carbocycles. The first-order chi connectivity index (χ1) is 17.9. The van der Waals surface area contributed by atoms with Gasteiger partial charge in [-0.05, 0) is 79.9 Å². The van der Waals surface area contributed by atoms with E-state index < -0.39 is 0 Å². The van der Waals surface area contributed by atoms with Gasteiger partial charge in [0, 0.05) is 41.1 Å². The minimum atomic E-state index is -0.251. The minimum Gasteiger partial charge on any atom is -0.348 e. The summed E-state index contributed by atoms with van der Waals surface area (Å²) in [6, 6.07) is 16.4. The van der Waals surface area contributed by atoms with E-state index in [-0.39, 0.29) is 11.8 Å². The lowest BCUT2D eigenvalue weighted by Gasteiger charge is -2.13. The van der Waals surface area contributed by atoms with Crippen molar-refractivity contribution < 1.29 is 9.59 Å². The van der Waals surface area contributed by atoms with Gasteiger partial charge in [0.25, 0.3) is 11.8 Å². The zero-order valence-corrected chi connectivity index (χ0v) is 21.3. The van der Waals surface area contributed by atoms with Crippen molar-refractivity contribution in [2.24, 2.45) is 0 Å². The topological polar surface area (TPSA) is 84.0 Å². The predicted molar refractivity (Wildman–Crippen MR) is 150 cm³/mol. The molecule has 0 atom stereocenters. The molecule has 0 spiro atoms. The number of anilines is 1. The SMILES string of the molecule is C=C(/C=C\CC)CNC(=O)c1ccc(NC(=O)c2cc(-c3cccnc3)nc3c(C)cc(C)cc23)cc1. The van der Waals surface area contributed by atoms with E-state index in [1.165, 1.54) is 0 Å². The maximum Gasteiger partial charge on any atom is 0.256 e. The molecule has 2 aromatic heterocycles. The van der Waals surface area contributed by atoms with Crippen molar-refractivity contribution in [3.63, 3.8) is 0 Å². The average molecular weight is 491 g/mol. The van der Waals surface area contributed by atoms with Crippen LogP contribution in [0.5, 0.6) is 0 Å². The summed E-state index contributed by atoms with van der Waals surface area (Å²) in [7, 11) is 0. The molecule has 0 bridgehead atoms. The molecule has 0 aliphatic heterocycles. The van der Waals surface area contributed by atoms with Crippen LogP contribution in [0.15, 0.2) is 91.3 Å². The van der Waals surface area contributed by atoms with Gasteiger partial charge < -0.3 is 10.6 Å². The Bertz CT molecular complexity index is 1490. The molecule has 4 rings (SSSR count). The lowest BCUT2D eigenvalue weighted by molar-refractivity contribution is 0.0956. The quantitative estimate of drug-likeness (QED) is 0.279. The molecule has 0 fully saturated rings. The lowest BCUT2D eigenvalue weighted by atomic mass is 9.99. The molecule has 2 N–H and O–H groups in total. The van der Waals surface area contributed by atoms with Crippen LogP contribution >= 0.6 is 0 Å². The van der Waals surface area contributed by atoms with E-state index in [1.807, 2.05) is 51.1 Å². The summed E-state index contributed by atoms with van der Waals surface area (Å²) in [4.78, 5) is 35.0. The highest BCUT2D eigenvalue weighted by Gasteiger charge is 2.16. The van der Waals surface area contributed by atoms with Crippen LogP contribution in [0.4, 0.5) is 5.69 Å². The number of hydrogen-bond acceptors (Lipinski definition) is 4. The molecular weight excluding hydrogens is 460 g/mol. The Kier molecular flexibility index (Phi) is 7.89. The third-order valence-corrected chi connectivity index (χ3v) is 5.92. The Morgan fingerprint density at radius 1 is 1.03 bits per heavy atom. The first-order valence-corrected chi connectivity index (χ1v) is 12.2. The third kappa shape index (κ3) is 6.16. The lowest BCUT2D eigenvalue weighted by Crippen LogP contribution is -2.25. The number of nitrogens with one attached hydrogen (secondary N) is 2. The van der Waals surface area contributed by atoms with Crippen LogP contribution in [0.2, 0.25) is 0 Å². The number of carbonyl (C=O) groups is 2. The van der Waals surface area contributed by atoms with Crippen molar-refractivity contribution in [2.75, 3.05) is 11.9 Å². The highest BCUT2D eigenvalue weighted by molar-refractivity contribution is 6.13. The Balaban J connectivity index is 1.57. The molecule has 0 aliphatic rings. The molecule has 186 valence electrons. The van der Waals surface area contributed by atoms with Gasteiger partial charge in [0.1, 0.15) is 0 Å². The van der Waals surface area contributed by atoms with E-state index in [4.69, 9.17) is 4.98 Å². The van der Waals surface area contributed by atoms with Crippen molar-refractivity contribution in [2.45, 2.75) is 27.2 Å². The molecule has 0 aliphatic carbocycles. The summed E-state index contributed by atoms with van der Waals surface area (Å²) in [6.45, 7) is 10.4. The van der Waals surface area contributed by atoms with Crippen molar-refractivity contribution in [3.8, 4) is 11.3 Å². The normalized spacial score (nSPS) is 11.0. The summed E-state index contributed by atoms with van der Waals surface area (Å²) < 4.78 is 0. The monoisotopic (exact) mass is 490 g/mol. The third-order valence-electron chi connectivity index (χ3n) is 5.92. The summed E-state index contributed by atoms with van der Waals surface area (Å²) >= 11 is 0. The maximum atomic E-state index is 13.5. The van der Waals surface area contributed by atoms with Gasteiger partial charge in [-0.25, -0.2) is 4.98 Å². The van der Waals surface area contributed by atoms with Gasteiger partial charge in [-0.1, -0.05) is 37.3 Å². The Morgan fingerprint density at radius 2 is 1.81 bits per heavy atom. The number of benzene rings is 2. The van der Waals surface area contributed by atoms with Gasteiger partial charge in [-0.3, -0.25) is 14.6 Å². The number of aromatic nitrogens is 2. The Hall–Kier alpha value is -4.58. The minimum absolute atomic E-state index is 0.198. The number of nitrogens with zero attached hydrogens (tertiary/aromatic N) is 2. The molecule has 4 aromatic rings. The largest absolute Gasteiger partial charge is 0.348 e. The highest BCUT2D eigenvalue weighted by Crippen LogP contribution is 2.28. The standard InChI is InChI=1S/C31H30N4O2/c1-5-6-8-20(2)18-33-30(36)23-10-12-25(13-11-23)34-31(37)27-17-28(24-9-7-14-32-19-24)35-29-22(4)15-21(3)16-26(27)29/h6-17,19H,2,5,18H2,1,3-4H3,(H,33,36)(H,34,37)/b8-6-. The second kappa shape index (κ2) is 11.4. The number of allylic oxidation sites excluding steroid dienone is 1. The van der Waals surface area contributed by atoms with E-state index in [9.17, 15) is 9.59 Å². The highest BCUT2D eigenvalue weighted by atomic mass is 16.2. The Labute approximate surface area is 217 Å². The van der Waals surface area contributed by atoms with Crippen molar-refractivity contribution in [3.05, 3.63) is 114 Å². The molecule has 0 radical (unpaired) electrons. The van der Waals surface area contributed by atoms with Gasteiger partial charge in [-0.15, -0.1) is 0 Å². The number of fused-ring (bicyclic) bond motifs is 1. The number of carbonyl (C=O) groups excluding carboxylic acids is 2. The van der Waals surface area contributed by atoms with E-state index in [1.54, 1.807) is 42.7 Å². The fourth-order valence-electron chi connectivity index (χ4n) is 4.07. The zero-order chi connectivity index (χ0) is 26.4. The second-order valence-corrected chi connectivity index (χ2v) is 8.96. The molecule has 0 saturated heterocycles. The molecule has 2 aromatic carbocycles. The molecule has 6 heteroatoms. The smallest absolute Gasteiger partial charge is 0.256 e. The Morgan fingerprint density at radius 3 is 2.51 bits per heavy atom. The first kappa shape index (κ1) is 25.5. The predicted octanol–water partition coefficient (Wildman–Crippen LogP) is 6.42. The summed E-state index contributed by atoms with van der Waals surface area (Å²) in [5, 5.41) is 6.62. The number of hydrogen-bond donors (Lipinski definition) is 2. The van der Waals surface area contributed by atoms with Gasteiger partial charge >= 0.3 is 0 Å². The number of rotatable bonds is 8. The average Bonchev–Trinajstić information content (AvgIpc) is 2.91. The number of aryl methyl sites for hydroxylation is 2. The summed E-state index contributed by atoms with van der Waals surface area (Å²) in [5.41, 5.74) is 6.80. The van der Waals surface area contributed by atoms with Crippen molar-refractivity contribution in [1.82, 2.24) is 15.3 Å². The van der Waals surface area contributed by atoms with E-state index in [0.29, 0.717) is 29.1 Å². The first-order valence-electron chi connectivity index (χ1n) is 12.2. The van der Waals surface area contributed by atoms with E-state index >= 15 is 0 Å². The summed E-state index contributed by atoms with van der Waals surface area (Å²) in [5.74, 6) is -0.449. The molecular formula is C31H30N4O2. The van der Waals surface area contributed by atoms with Gasteiger partial charge in [0.2, 0.25) is 0 Å². The van der Waals surface area contributed by atoms with E-state index in [2.05, 4.69) is 28.3 Å². The molecule has 0 unspecified atom stereocenters. The maximum absolute atomic E-state index is 13.5. The molecule has 2 heterocycles. The summed E-state index contributed by atoms with van der Waals surface area (Å²) in [6.07, 6.45) is 8.26. The van der Waals surface area contributed by atoms with Crippen molar-refractivity contribution >= 4 is 28.4 Å². The van der Waals surface area contributed by atoms with E-state index in [0.717, 1.165) is 39.6 Å². The van der Waals surface area contributed by atoms with Crippen LogP contribution in [0.1, 0.15) is 45.2 Å². The molecule has 2 amide bonds. The van der Waals surface area contributed by atoms with Crippen LogP contribution in [0.25, 0.3) is 22.2 Å².